The Balaban J connectivity index is 0.00000243. The summed E-state index contributed by atoms with van der Waals surface area (Å²) in [7, 11) is 0. The molecular weight excluding hydrogens is 459 g/mol. The number of aryl methyl sites for hydroxylation is 2. The fourth-order valence-corrected chi connectivity index (χ4v) is 3.38. The van der Waals surface area contributed by atoms with Crippen molar-refractivity contribution in [2.24, 2.45) is 4.99 Å². The van der Waals surface area contributed by atoms with Gasteiger partial charge < -0.3 is 15.1 Å². The molecule has 3 rings (SSSR count). The lowest BCUT2D eigenvalue weighted by Crippen LogP contribution is -2.36. The summed E-state index contributed by atoms with van der Waals surface area (Å²) in [5, 5.41) is 11.0. The summed E-state index contributed by atoms with van der Waals surface area (Å²) >= 11 is 1.69. The van der Waals surface area contributed by atoms with Gasteiger partial charge in [0.2, 0.25) is 0 Å². The van der Waals surface area contributed by atoms with Gasteiger partial charge in [0.15, 0.2) is 5.96 Å². The molecule has 2 N–H and O–H groups in total. The van der Waals surface area contributed by atoms with Crippen LogP contribution >= 0.6 is 35.3 Å². The second-order valence-electron chi connectivity index (χ2n) is 5.78. The molecule has 0 aliphatic heterocycles. The number of fused-ring (bicyclic) bond motifs is 1. The normalized spacial score (nSPS) is 11.4. The molecule has 0 amide bonds. The van der Waals surface area contributed by atoms with Crippen LogP contribution in [0.4, 0.5) is 0 Å². The number of rotatable bonds is 6. The van der Waals surface area contributed by atoms with Crippen molar-refractivity contribution < 1.29 is 4.42 Å². The van der Waals surface area contributed by atoms with Crippen LogP contribution in [0.25, 0.3) is 11.0 Å². The predicted molar refractivity (Wildman–Crippen MR) is 120 cm³/mol. The molecule has 0 bridgehead atoms. The van der Waals surface area contributed by atoms with Gasteiger partial charge in [-0.05, 0) is 26.3 Å². The van der Waals surface area contributed by atoms with Crippen molar-refractivity contribution in [3.05, 3.63) is 51.7 Å². The van der Waals surface area contributed by atoms with Gasteiger partial charge in [0, 0.05) is 22.9 Å². The van der Waals surface area contributed by atoms with E-state index >= 15 is 0 Å². The third kappa shape index (κ3) is 4.97. The number of halogens is 1. The number of furan rings is 1. The van der Waals surface area contributed by atoms with Gasteiger partial charge >= 0.3 is 0 Å². The van der Waals surface area contributed by atoms with Crippen molar-refractivity contribution in [1.29, 1.82) is 0 Å². The van der Waals surface area contributed by atoms with Crippen molar-refractivity contribution in [2.45, 2.75) is 40.3 Å². The molecule has 0 saturated heterocycles. The lowest BCUT2D eigenvalue weighted by Gasteiger charge is -2.10. The van der Waals surface area contributed by atoms with Crippen LogP contribution in [0, 0.1) is 6.92 Å². The number of thiazole rings is 1. The Kier molecular flexibility index (Phi) is 7.89. The molecule has 2 aromatic heterocycles. The molecule has 7 heteroatoms. The molecule has 0 radical (unpaired) electrons. The van der Waals surface area contributed by atoms with Gasteiger partial charge in [-0.15, -0.1) is 35.3 Å². The largest absolute Gasteiger partial charge is 0.459 e. The average Bonchev–Trinajstić information content (AvgIpc) is 3.22. The maximum atomic E-state index is 5.95. The van der Waals surface area contributed by atoms with E-state index in [4.69, 9.17) is 4.42 Å². The Bertz CT molecular complexity index is 871. The number of hydrogen-bond acceptors (Lipinski definition) is 4. The topological polar surface area (TPSA) is 62.5 Å². The molecule has 0 atom stereocenters. The first-order valence-electron chi connectivity index (χ1n) is 8.63. The molecule has 0 saturated carbocycles. The Hall–Kier alpha value is -1.61. The van der Waals surface area contributed by atoms with Gasteiger partial charge in [-0.1, -0.05) is 25.1 Å². The summed E-state index contributed by atoms with van der Waals surface area (Å²) in [5.74, 6) is 1.71. The zero-order valence-electron chi connectivity index (χ0n) is 15.3. The highest BCUT2D eigenvalue weighted by Crippen LogP contribution is 2.24. The van der Waals surface area contributed by atoms with Crippen LogP contribution < -0.4 is 10.6 Å². The van der Waals surface area contributed by atoms with E-state index < -0.39 is 0 Å². The van der Waals surface area contributed by atoms with Crippen LogP contribution in [-0.2, 0) is 19.5 Å². The van der Waals surface area contributed by atoms with E-state index in [1.807, 2.05) is 18.2 Å². The zero-order chi connectivity index (χ0) is 17.6. The number of aromatic nitrogens is 1. The Labute approximate surface area is 175 Å². The third-order valence-corrected chi connectivity index (χ3v) is 5.05. The number of para-hydroxylation sites is 1. The van der Waals surface area contributed by atoms with E-state index in [1.165, 1.54) is 5.56 Å². The second-order valence-corrected chi connectivity index (χ2v) is 6.72. The van der Waals surface area contributed by atoms with Crippen LogP contribution in [-0.4, -0.2) is 17.5 Å². The predicted octanol–water partition coefficient (Wildman–Crippen LogP) is 4.63. The van der Waals surface area contributed by atoms with Gasteiger partial charge in [0.25, 0.3) is 0 Å². The molecular formula is C19H25IN4OS. The zero-order valence-corrected chi connectivity index (χ0v) is 18.5. The quantitative estimate of drug-likeness (QED) is 0.304. The minimum Gasteiger partial charge on any atom is -0.459 e. The molecule has 2 heterocycles. The molecule has 0 spiro atoms. The van der Waals surface area contributed by atoms with Crippen molar-refractivity contribution in [1.82, 2.24) is 15.6 Å². The van der Waals surface area contributed by atoms with Gasteiger partial charge in [-0.2, -0.15) is 0 Å². The minimum absolute atomic E-state index is 0. The highest BCUT2D eigenvalue weighted by molar-refractivity contribution is 14.0. The van der Waals surface area contributed by atoms with E-state index in [2.05, 4.69) is 52.8 Å². The maximum Gasteiger partial charge on any atom is 0.192 e. The van der Waals surface area contributed by atoms with E-state index in [0.717, 1.165) is 46.4 Å². The summed E-state index contributed by atoms with van der Waals surface area (Å²) in [6.07, 6.45) is 0.970. The van der Waals surface area contributed by atoms with Gasteiger partial charge in [0.05, 0.1) is 23.8 Å². The maximum absolute atomic E-state index is 5.95. The summed E-state index contributed by atoms with van der Waals surface area (Å²) in [6.45, 7) is 8.25. The van der Waals surface area contributed by atoms with Crippen molar-refractivity contribution in [3.63, 3.8) is 0 Å². The van der Waals surface area contributed by atoms with Gasteiger partial charge in [0.1, 0.15) is 11.3 Å². The van der Waals surface area contributed by atoms with Crippen LogP contribution in [0.2, 0.25) is 0 Å². The van der Waals surface area contributed by atoms with Crippen LogP contribution in [0.1, 0.15) is 35.9 Å². The van der Waals surface area contributed by atoms with E-state index in [-0.39, 0.29) is 24.0 Å². The van der Waals surface area contributed by atoms with Crippen molar-refractivity contribution in [3.8, 4) is 0 Å². The SMILES string of the molecule is CCNC(=NCc1csc(CC)n1)NCc1oc2ccccc2c1C.I. The molecule has 3 aromatic rings. The summed E-state index contributed by atoms with van der Waals surface area (Å²) < 4.78 is 5.95. The molecule has 140 valence electrons. The summed E-state index contributed by atoms with van der Waals surface area (Å²) in [5.41, 5.74) is 3.11. The second kappa shape index (κ2) is 9.91. The van der Waals surface area contributed by atoms with Crippen LogP contribution in [0.15, 0.2) is 39.1 Å². The first-order valence-corrected chi connectivity index (χ1v) is 9.51. The molecule has 0 unspecified atom stereocenters. The highest BCUT2D eigenvalue weighted by Gasteiger charge is 2.10. The Morgan fingerprint density at radius 3 is 2.73 bits per heavy atom. The molecule has 0 fully saturated rings. The minimum atomic E-state index is 0. The van der Waals surface area contributed by atoms with E-state index in [9.17, 15) is 0 Å². The fraction of sp³-hybridized carbons (Fsp3) is 0.368. The highest BCUT2D eigenvalue weighted by atomic mass is 127. The lowest BCUT2D eigenvalue weighted by atomic mass is 10.1. The number of guanidine groups is 1. The van der Waals surface area contributed by atoms with Crippen molar-refractivity contribution >= 4 is 52.2 Å². The van der Waals surface area contributed by atoms with Gasteiger partial charge in [-0.3, -0.25) is 0 Å². The Morgan fingerprint density at radius 2 is 2.04 bits per heavy atom. The molecule has 26 heavy (non-hydrogen) atoms. The number of hydrogen-bond donors (Lipinski definition) is 2. The number of nitrogens with zero attached hydrogens (tertiary/aromatic N) is 2. The number of aliphatic imine (C=N–C) groups is 1. The average molecular weight is 484 g/mol. The molecule has 1 aromatic carbocycles. The molecule has 0 aliphatic carbocycles. The first kappa shape index (κ1) is 20.7. The van der Waals surface area contributed by atoms with E-state index in [0.29, 0.717) is 13.1 Å². The monoisotopic (exact) mass is 484 g/mol. The summed E-state index contributed by atoms with van der Waals surface area (Å²) in [6, 6.07) is 8.11. The van der Waals surface area contributed by atoms with Crippen LogP contribution in [0.5, 0.6) is 0 Å². The molecule has 0 aliphatic rings. The Morgan fingerprint density at radius 1 is 1.23 bits per heavy atom. The first-order chi connectivity index (χ1) is 12.2. The van der Waals surface area contributed by atoms with Crippen molar-refractivity contribution in [2.75, 3.05) is 6.54 Å². The number of nitrogens with one attached hydrogen (secondary N) is 2. The number of benzene rings is 1. The van der Waals surface area contributed by atoms with E-state index in [1.54, 1.807) is 11.3 Å². The fourth-order valence-electron chi connectivity index (χ4n) is 2.64. The van der Waals surface area contributed by atoms with Gasteiger partial charge in [-0.25, -0.2) is 9.98 Å². The smallest absolute Gasteiger partial charge is 0.192 e. The van der Waals surface area contributed by atoms with Crippen LogP contribution in [0.3, 0.4) is 0 Å². The standard InChI is InChI=1S/C19H24N4OS.HI/c1-4-18-23-14(12-25-18)10-21-19(20-5-2)22-11-17-13(3)15-8-6-7-9-16(15)24-17;/h6-9,12H,4-5,10-11H2,1-3H3,(H2,20,21,22);1H. The third-order valence-electron chi connectivity index (χ3n) is 4.00. The lowest BCUT2D eigenvalue weighted by molar-refractivity contribution is 0.534. The summed E-state index contributed by atoms with van der Waals surface area (Å²) in [4.78, 5) is 9.19. The molecule has 5 nitrogen and oxygen atoms in total.